The number of benzene rings is 1. The van der Waals surface area contributed by atoms with E-state index in [9.17, 15) is 4.79 Å². The number of rotatable bonds is 4. The summed E-state index contributed by atoms with van der Waals surface area (Å²) in [7, 11) is 0. The van der Waals surface area contributed by atoms with E-state index in [-0.39, 0.29) is 18.1 Å². The quantitative estimate of drug-likeness (QED) is 0.879. The van der Waals surface area contributed by atoms with Crippen molar-refractivity contribution in [2.24, 2.45) is 0 Å². The van der Waals surface area contributed by atoms with Gasteiger partial charge in [-0.15, -0.1) is 11.3 Å². The molecule has 104 valence electrons. The minimum absolute atomic E-state index is 0.0492. The molecule has 1 N–H and O–H groups in total. The molecule has 20 heavy (non-hydrogen) atoms. The van der Waals surface area contributed by atoms with Gasteiger partial charge < -0.3 is 4.74 Å². The fraction of sp³-hybridized carbons (Fsp3) is 0.333. The Labute approximate surface area is 121 Å². The molecule has 3 rings (SSSR count). The van der Waals surface area contributed by atoms with Crippen LogP contribution < -0.4 is 5.32 Å². The van der Waals surface area contributed by atoms with Crippen LogP contribution in [0.4, 0.5) is 0 Å². The topological polar surface area (TPSA) is 51.2 Å². The summed E-state index contributed by atoms with van der Waals surface area (Å²) in [4.78, 5) is 16.1. The number of cyclic esters (lactones) is 1. The van der Waals surface area contributed by atoms with Crippen LogP contribution in [0.1, 0.15) is 24.4 Å². The minimum atomic E-state index is -0.200. The predicted molar refractivity (Wildman–Crippen MR) is 78.5 cm³/mol. The molecule has 1 aromatic carbocycles. The van der Waals surface area contributed by atoms with Crippen molar-refractivity contribution >= 4 is 17.3 Å². The van der Waals surface area contributed by atoms with Gasteiger partial charge in [-0.25, -0.2) is 4.98 Å². The lowest BCUT2D eigenvalue weighted by atomic mass is 10.2. The molecule has 0 unspecified atom stereocenters. The molecule has 0 aliphatic carbocycles. The van der Waals surface area contributed by atoms with Crippen molar-refractivity contribution in [2.45, 2.75) is 25.4 Å². The molecule has 1 fully saturated rings. The van der Waals surface area contributed by atoms with Crippen molar-refractivity contribution in [1.82, 2.24) is 10.3 Å². The minimum Gasteiger partial charge on any atom is -0.464 e. The third-order valence-electron chi connectivity index (χ3n) is 3.35. The van der Waals surface area contributed by atoms with Crippen molar-refractivity contribution < 1.29 is 9.53 Å². The molecule has 0 radical (unpaired) electrons. The first kappa shape index (κ1) is 13.3. The Balaban J connectivity index is 1.71. The molecular formula is C15H16N2O2S. The van der Waals surface area contributed by atoms with Crippen LogP contribution in [0, 0.1) is 0 Å². The number of nitrogens with one attached hydrogen (secondary N) is 1. The fourth-order valence-corrected chi connectivity index (χ4v) is 3.09. The van der Waals surface area contributed by atoms with Gasteiger partial charge in [0.15, 0.2) is 0 Å². The molecular weight excluding hydrogens is 272 g/mol. The van der Waals surface area contributed by atoms with Crippen molar-refractivity contribution in [1.29, 1.82) is 0 Å². The fourth-order valence-electron chi connectivity index (χ4n) is 2.25. The highest BCUT2D eigenvalue weighted by Gasteiger charge is 2.28. The zero-order chi connectivity index (χ0) is 13.9. The Kier molecular flexibility index (Phi) is 3.80. The summed E-state index contributed by atoms with van der Waals surface area (Å²) in [5.74, 6) is -0.156. The lowest BCUT2D eigenvalue weighted by Crippen LogP contribution is -2.34. The summed E-state index contributed by atoms with van der Waals surface area (Å²) in [5.41, 5.74) is 2.09. The molecule has 1 aliphatic rings. The van der Waals surface area contributed by atoms with Gasteiger partial charge in [-0.3, -0.25) is 10.1 Å². The number of hydrogen-bond acceptors (Lipinski definition) is 5. The molecule has 0 spiro atoms. The van der Waals surface area contributed by atoms with Crippen molar-refractivity contribution in [3.63, 3.8) is 0 Å². The van der Waals surface area contributed by atoms with Gasteiger partial charge in [0, 0.05) is 17.4 Å². The van der Waals surface area contributed by atoms with E-state index in [1.807, 2.05) is 37.3 Å². The van der Waals surface area contributed by atoms with Crippen LogP contribution in [0.5, 0.6) is 0 Å². The van der Waals surface area contributed by atoms with Crippen LogP contribution in [-0.4, -0.2) is 23.6 Å². The van der Waals surface area contributed by atoms with Crippen molar-refractivity contribution in [2.75, 3.05) is 6.61 Å². The number of carbonyl (C=O) groups is 1. The monoisotopic (exact) mass is 288 g/mol. The highest BCUT2D eigenvalue weighted by atomic mass is 32.1. The summed E-state index contributed by atoms with van der Waals surface area (Å²) in [6.45, 7) is 2.54. The normalized spacial score (nSPS) is 19.9. The van der Waals surface area contributed by atoms with E-state index in [0.717, 1.165) is 22.7 Å². The highest BCUT2D eigenvalue weighted by molar-refractivity contribution is 7.10. The Hall–Kier alpha value is -1.72. The van der Waals surface area contributed by atoms with E-state index in [2.05, 4.69) is 15.7 Å². The van der Waals surface area contributed by atoms with Gasteiger partial charge in [0.05, 0.1) is 18.3 Å². The molecule has 0 amide bonds. The van der Waals surface area contributed by atoms with Crippen LogP contribution in [0.2, 0.25) is 0 Å². The number of ether oxygens (including phenoxy) is 1. The number of thiazole rings is 1. The Morgan fingerprint density at radius 2 is 2.20 bits per heavy atom. The second-order valence-electron chi connectivity index (χ2n) is 4.83. The van der Waals surface area contributed by atoms with Gasteiger partial charge >= 0.3 is 5.97 Å². The highest BCUT2D eigenvalue weighted by Crippen LogP contribution is 2.26. The average molecular weight is 288 g/mol. The first-order chi connectivity index (χ1) is 9.74. The van der Waals surface area contributed by atoms with Gasteiger partial charge in [0.1, 0.15) is 11.0 Å². The third kappa shape index (κ3) is 2.73. The summed E-state index contributed by atoms with van der Waals surface area (Å²) in [6, 6.07) is 9.94. The summed E-state index contributed by atoms with van der Waals surface area (Å²) >= 11 is 1.61. The zero-order valence-corrected chi connectivity index (χ0v) is 12.0. The van der Waals surface area contributed by atoms with E-state index in [1.165, 1.54) is 0 Å². The first-order valence-corrected chi connectivity index (χ1v) is 7.55. The first-order valence-electron chi connectivity index (χ1n) is 6.67. The van der Waals surface area contributed by atoms with Crippen LogP contribution in [0.15, 0.2) is 35.7 Å². The lowest BCUT2D eigenvalue weighted by molar-refractivity contribution is -0.139. The van der Waals surface area contributed by atoms with E-state index in [1.54, 1.807) is 11.3 Å². The molecule has 0 saturated carbocycles. The number of esters is 1. The SMILES string of the molecule is C[C@@H](N[C@@H]1CCOC1=O)c1nc(-c2ccccc2)cs1. The summed E-state index contributed by atoms with van der Waals surface area (Å²) in [6.07, 6.45) is 0.736. The number of nitrogens with zero attached hydrogens (tertiary/aromatic N) is 1. The van der Waals surface area contributed by atoms with Crippen molar-refractivity contribution in [3.05, 3.63) is 40.7 Å². The van der Waals surface area contributed by atoms with Gasteiger partial charge in [-0.2, -0.15) is 0 Å². The zero-order valence-electron chi connectivity index (χ0n) is 11.2. The maximum atomic E-state index is 11.5. The molecule has 0 bridgehead atoms. The summed E-state index contributed by atoms with van der Waals surface area (Å²) in [5, 5.41) is 6.32. The van der Waals surface area contributed by atoms with E-state index < -0.39 is 0 Å². The molecule has 1 aromatic heterocycles. The van der Waals surface area contributed by atoms with Gasteiger partial charge in [0.2, 0.25) is 0 Å². The standard InChI is InChI=1S/C15H16N2O2S/c1-10(16-12-7-8-19-15(12)18)14-17-13(9-20-14)11-5-3-2-4-6-11/h2-6,9-10,12,16H,7-8H2,1H3/t10-,12-/m1/s1. The van der Waals surface area contributed by atoms with E-state index >= 15 is 0 Å². The molecule has 2 atom stereocenters. The molecule has 2 aromatic rings. The second-order valence-corrected chi connectivity index (χ2v) is 5.72. The van der Waals surface area contributed by atoms with Crippen LogP contribution in [0.3, 0.4) is 0 Å². The van der Waals surface area contributed by atoms with Crippen molar-refractivity contribution in [3.8, 4) is 11.3 Å². The lowest BCUT2D eigenvalue weighted by Gasteiger charge is -2.14. The van der Waals surface area contributed by atoms with Crippen LogP contribution >= 0.6 is 11.3 Å². The maximum Gasteiger partial charge on any atom is 0.323 e. The Morgan fingerprint density at radius 1 is 1.40 bits per heavy atom. The number of aromatic nitrogens is 1. The number of carbonyl (C=O) groups excluding carboxylic acids is 1. The molecule has 5 heteroatoms. The van der Waals surface area contributed by atoms with Gasteiger partial charge in [-0.05, 0) is 6.92 Å². The van der Waals surface area contributed by atoms with Crippen LogP contribution in [-0.2, 0) is 9.53 Å². The molecule has 2 heterocycles. The van der Waals surface area contributed by atoms with Gasteiger partial charge in [0.25, 0.3) is 0 Å². The molecule has 1 aliphatic heterocycles. The van der Waals surface area contributed by atoms with E-state index in [4.69, 9.17) is 4.74 Å². The molecule has 1 saturated heterocycles. The maximum absolute atomic E-state index is 11.5. The van der Waals surface area contributed by atoms with E-state index in [0.29, 0.717) is 6.61 Å². The predicted octanol–water partition coefficient (Wildman–Crippen LogP) is 2.78. The third-order valence-corrected chi connectivity index (χ3v) is 4.38. The summed E-state index contributed by atoms with van der Waals surface area (Å²) < 4.78 is 4.96. The Bertz CT molecular complexity index is 597. The average Bonchev–Trinajstić information content (AvgIpc) is 3.10. The Morgan fingerprint density at radius 3 is 2.90 bits per heavy atom. The smallest absolute Gasteiger partial charge is 0.323 e. The number of hydrogen-bond donors (Lipinski definition) is 1. The second kappa shape index (κ2) is 5.73. The largest absolute Gasteiger partial charge is 0.464 e. The molecule has 4 nitrogen and oxygen atoms in total. The van der Waals surface area contributed by atoms with Gasteiger partial charge in [-0.1, -0.05) is 30.3 Å². The van der Waals surface area contributed by atoms with Crippen LogP contribution in [0.25, 0.3) is 11.3 Å².